The number of allylic oxidation sites excluding steroid dienone is 3. The maximum Gasteiger partial charge on any atom is 0.260 e. The summed E-state index contributed by atoms with van der Waals surface area (Å²) < 4.78 is 8.60. The highest BCUT2D eigenvalue weighted by Crippen LogP contribution is 2.34. The van der Waals surface area contributed by atoms with Crippen LogP contribution in [0.4, 0.5) is 5.69 Å². The first-order chi connectivity index (χ1) is 13.5. The fraction of sp³-hybridized carbons (Fsp3) is 0.381. The third-order valence-corrected chi connectivity index (χ3v) is 5.28. The molecular weight excluding hydrogens is 390 g/mol. The van der Waals surface area contributed by atoms with E-state index in [9.17, 15) is 4.79 Å². The van der Waals surface area contributed by atoms with Crippen LogP contribution in [0, 0.1) is 13.8 Å². The maximum atomic E-state index is 12.0. The van der Waals surface area contributed by atoms with Crippen molar-refractivity contribution in [1.82, 2.24) is 9.61 Å². The number of nitrogens with two attached hydrogens (primary N) is 1. The fourth-order valence-electron chi connectivity index (χ4n) is 2.89. The Kier molecular flexibility index (Phi) is 5.56. The van der Waals surface area contributed by atoms with Crippen LogP contribution in [0.5, 0.6) is 5.88 Å². The summed E-state index contributed by atoms with van der Waals surface area (Å²) in [6, 6.07) is 3.97. The van der Waals surface area contributed by atoms with Crippen molar-refractivity contribution in [3.8, 4) is 5.88 Å². The third kappa shape index (κ3) is 4.21. The Labute approximate surface area is 175 Å². The van der Waals surface area contributed by atoms with Gasteiger partial charge in [0.1, 0.15) is 18.2 Å². The molecule has 1 aliphatic carbocycles. The van der Waals surface area contributed by atoms with Crippen LogP contribution in [-0.2, 0) is 4.79 Å². The van der Waals surface area contributed by atoms with Crippen molar-refractivity contribution in [1.29, 1.82) is 0 Å². The summed E-state index contributed by atoms with van der Waals surface area (Å²) in [6.45, 7) is 7.01. The molecule has 0 bridgehead atoms. The molecule has 2 N–H and O–H groups in total. The number of aliphatic imine (C=N–C) groups is 1. The van der Waals surface area contributed by atoms with Crippen LogP contribution < -0.4 is 10.5 Å². The van der Waals surface area contributed by atoms with Gasteiger partial charge < -0.3 is 15.0 Å². The lowest BCUT2D eigenvalue weighted by Crippen LogP contribution is -2.38. The number of nitrogens with zero attached hydrogens (tertiary/aromatic N) is 4. The summed E-state index contributed by atoms with van der Waals surface area (Å²) in [6.07, 6.45) is 1.64. The largest absolute Gasteiger partial charge is 0.469 e. The second-order valence-corrected chi connectivity index (χ2v) is 8.67. The first-order valence-corrected chi connectivity index (χ1v) is 9.77. The van der Waals surface area contributed by atoms with Crippen molar-refractivity contribution < 1.29 is 14.0 Å². The molecule has 0 aliphatic heterocycles. The molecule has 0 spiro atoms. The minimum Gasteiger partial charge on any atom is -0.469 e. The summed E-state index contributed by atoms with van der Waals surface area (Å²) in [7, 11) is 6.30. The molecule has 0 atom stereocenters. The van der Waals surface area contributed by atoms with Gasteiger partial charge in [0.05, 0.1) is 38.1 Å². The van der Waals surface area contributed by atoms with Crippen LogP contribution in [0.25, 0.3) is 5.52 Å². The quantitative estimate of drug-likeness (QED) is 0.600. The van der Waals surface area contributed by atoms with E-state index in [-0.39, 0.29) is 16.5 Å². The number of ether oxygens (including phenoxy) is 1. The number of halogens is 1. The zero-order valence-electron chi connectivity index (χ0n) is 17.7. The van der Waals surface area contributed by atoms with Gasteiger partial charge in [-0.1, -0.05) is 17.7 Å². The van der Waals surface area contributed by atoms with E-state index < -0.39 is 0 Å². The minimum atomic E-state index is -0.283. The van der Waals surface area contributed by atoms with E-state index in [1.54, 1.807) is 13.0 Å². The van der Waals surface area contributed by atoms with E-state index in [4.69, 9.17) is 27.1 Å². The molecule has 8 heteroatoms. The molecule has 7 nitrogen and oxygen atoms in total. The summed E-state index contributed by atoms with van der Waals surface area (Å²) in [4.78, 5) is 16.8. The van der Waals surface area contributed by atoms with Gasteiger partial charge in [-0.3, -0.25) is 4.79 Å². The van der Waals surface area contributed by atoms with Crippen LogP contribution >= 0.6 is 11.6 Å². The Morgan fingerprint density at radius 1 is 1.24 bits per heavy atom. The molecule has 0 fully saturated rings. The maximum absolute atomic E-state index is 12.0. The van der Waals surface area contributed by atoms with E-state index in [1.807, 2.05) is 30.5 Å². The Balaban J connectivity index is 2.13. The summed E-state index contributed by atoms with van der Waals surface area (Å²) in [5.41, 5.74) is 10.6. The lowest BCUT2D eigenvalue weighted by Gasteiger charge is -2.23. The number of rotatable bonds is 5. The zero-order chi connectivity index (χ0) is 21.5. The van der Waals surface area contributed by atoms with Crippen LogP contribution in [0.2, 0.25) is 0 Å². The third-order valence-electron chi connectivity index (χ3n) is 4.90. The molecule has 0 amide bonds. The van der Waals surface area contributed by atoms with E-state index >= 15 is 0 Å². The Morgan fingerprint density at radius 2 is 1.93 bits per heavy atom. The Bertz CT molecular complexity index is 1090. The highest BCUT2D eigenvalue weighted by molar-refractivity contribution is 6.49. The Morgan fingerprint density at radius 3 is 2.59 bits per heavy atom. The summed E-state index contributed by atoms with van der Waals surface area (Å²) >= 11 is 6.11. The van der Waals surface area contributed by atoms with Gasteiger partial charge in [-0.25, -0.2) is 9.51 Å². The highest BCUT2D eigenvalue weighted by atomic mass is 35.5. The molecule has 3 rings (SSSR count). The van der Waals surface area contributed by atoms with Crippen LogP contribution in [0.15, 0.2) is 39.5 Å². The molecule has 0 radical (unpaired) electrons. The monoisotopic (exact) mass is 416 g/mol. The second kappa shape index (κ2) is 7.65. The number of aromatic nitrogens is 2. The average molecular weight is 417 g/mol. The molecule has 0 unspecified atom stereocenters. The molecule has 1 aliphatic rings. The van der Waals surface area contributed by atoms with Crippen molar-refractivity contribution in [2.45, 2.75) is 20.8 Å². The number of Topliss-reactive ketones (excluding diaryl/α,β-unsaturated/α-hetero) is 1. The van der Waals surface area contributed by atoms with Gasteiger partial charge in [0.25, 0.3) is 5.88 Å². The highest BCUT2D eigenvalue weighted by Gasteiger charge is 2.24. The summed E-state index contributed by atoms with van der Waals surface area (Å²) in [5, 5.41) is 4.62. The second-order valence-electron chi connectivity index (χ2n) is 8.30. The standard InChI is InChI=1S/C21H26ClN5O2/c1-12-7-8-16-19(24-15-11-13(2)20(28)17(22)18(15)23)21(25-26(16)14(12)3)29-10-9-27(4,5)6/h7-8,11H,9-10H2,1-6H3,(H-,23,28)/p+1/b24-15+. The molecule has 2 aromatic rings. The average Bonchev–Trinajstić information content (AvgIpc) is 2.98. The van der Waals surface area contributed by atoms with Crippen molar-refractivity contribution in [3.63, 3.8) is 0 Å². The molecule has 0 aromatic carbocycles. The first-order valence-electron chi connectivity index (χ1n) is 9.39. The van der Waals surface area contributed by atoms with Crippen molar-refractivity contribution in [2.75, 3.05) is 34.3 Å². The number of aryl methyl sites for hydroxylation is 2. The van der Waals surface area contributed by atoms with Crippen LogP contribution in [0.1, 0.15) is 18.2 Å². The first kappa shape index (κ1) is 21.1. The zero-order valence-corrected chi connectivity index (χ0v) is 18.5. The number of hydrogen-bond acceptors (Lipinski definition) is 5. The number of carbonyl (C=O) groups excluding carboxylic acids is 1. The number of hydrogen-bond donors (Lipinski definition) is 1. The van der Waals surface area contributed by atoms with Gasteiger partial charge in [0, 0.05) is 11.3 Å². The van der Waals surface area contributed by atoms with Crippen molar-refractivity contribution >= 4 is 34.3 Å². The number of quaternary nitrogens is 1. The molecule has 29 heavy (non-hydrogen) atoms. The molecule has 154 valence electrons. The lowest BCUT2D eigenvalue weighted by molar-refractivity contribution is -0.870. The number of carbonyl (C=O) groups is 1. The molecule has 2 aromatic heterocycles. The summed E-state index contributed by atoms with van der Waals surface area (Å²) in [5.74, 6) is 0.139. The number of likely N-dealkylation sites (N-methyl/N-ethyl adjacent to an activating group) is 1. The van der Waals surface area contributed by atoms with E-state index in [0.29, 0.717) is 29.5 Å². The van der Waals surface area contributed by atoms with Crippen LogP contribution in [-0.4, -0.2) is 59.9 Å². The normalized spacial score (nSPS) is 16.7. The molecule has 0 saturated heterocycles. The SMILES string of the molecule is CC1=C/C(=N\c2c(OCC[N+](C)(C)C)nn3c(C)c(C)ccc23)C(N)=C(Cl)C1=O. The van der Waals surface area contributed by atoms with Gasteiger partial charge >= 0.3 is 0 Å². The molecular formula is C21H27ClN5O2+. The topological polar surface area (TPSA) is 82.0 Å². The lowest BCUT2D eigenvalue weighted by atomic mass is 10.0. The number of pyridine rings is 1. The van der Waals surface area contributed by atoms with E-state index in [0.717, 1.165) is 27.8 Å². The molecule has 0 saturated carbocycles. The van der Waals surface area contributed by atoms with Gasteiger partial charge in [-0.15, -0.1) is 5.10 Å². The van der Waals surface area contributed by atoms with Gasteiger partial charge in [0.2, 0.25) is 5.78 Å². The van der Waals surface area contributed by atoms with Crippen LogP contribution in [0.3, 0.4) is 0 Å². The van der Waals surface area contributed by atoms with Gasteiger partial charge in [-0.05, 0) is 38.5 Å². The van der Waals surface area contributed by atoms with Gasteiger partial charge in [-0.2, -0.15) is 0 Å². The Hall–Kier alpha value is -2.64. The van der Waals surface area contributed by atoms with E-state index in [2.05, 4.69) is 26.2 Å². The molecule has 2 heterocycles. The predicted octanol–water partition coefficient (Wildman–Crippen LogP) is 3.05. The number of ketones is 1. The van der Waals surface area contributed by atoms with Crippen molar-refractivity contribution in [3.05, 3.63) is 45.8 Å². The van der Waals surface area contributed by atoms with Crippen molar-refractivity contribution in [2.24, 2.45) is 10.7 Å². The van der Waals surface area contributed by atoms with E-state index in [1.165, 1.54) is 0 Å². The number of fused-ring (bicyclic) bond motifs is 1. The van der Waals surface area contributed by atoms with Gasteiger partial charge in [0.15, 0.2) is 5.69 Å². The minimum absolute atomic E-state index is 0.0141. The fourth-order valence-corrected chi connectivity index (χ4v) is 3.13. The predicted molar refractivity (Wildman–Crippen MR) is 116 cm³/mol. The smallest absolute Gasteiger partial charge is 0.260 e.